The lowest BCUT2D eigenvalue weighted by Gasteiger charge is -2.10. The van der Waals surface area contributed by atoms with Crippen LogP contribution in [0.15, 0.2) is 18.2 Å². The first-order valence-corrected chi connectivity index (χ1v) is 6.43. The molecule has 1 rings (SSSR count). The normalized spacial score (nSPS) is 15.3. The highest BCUT2D eigenvalue weighted by Gasteiger charge is 2.16. The molecule has 2 N–H and O–H groups in total. The molecule has 0 saturated carbocycles. The van der Waals surface area contributed by atoms with E-state index in [4.69, 9.17) is 5.73 Å². The molecule has 0 saturated heterocycles. The van der Waals surface area contributed by atoms with Crippen LogP contribution in [-0.2, 0) is 4.57 Å². The Morgan fingerprint density at radius 1 is 1.54 bits per heavy atom. The molecule has 0 fully saturated rings. The van der Waals surface area contributed by atoms with Crippen molar-refractivity contribution >= 4 is 18.1 Å². The van der Waals surface area contributed by atoms with Gasteiger partial charge in [0.25, 0.3) is 0 Å². The molecule has 1 unspecified atom stereocenters. The van der Waals surface area contributed by atoms with Crippen molar-refractivity contribution in [2.45, 2.75) is 6.92 Å². The van der Waals surface area contributed by atoms with Crippen molar-refractivity contribution in [3.8, 4) is 0 Å². The molecule has 2 nitrogen and oxygen atoms in total. The van der Waals surface area contributed by atoms with Crippen LogP contribution in [0.1, 0.15) is 6.92 Å². The minimum Gasteiger partial charge on any atom is -0.396 e. The molecule has 0 heterocycles. The van der Waals surface area contributed by atoms with Crippen molar-refractivity contribution in [2.24, 2.45) is 0 Å². The third-order valence-electron chi connectivity index (χ3n) is 2.13. The van der Waals surface area contributed by atoms with Crippen molar-refractivity contribution in [2.75, 3.05) is 18.6 Å². The van der Waals surface area contributed by atoms with E-state index in [2.05, 4.69) is 0 Å². The van der Waals surface area contributed by atoms with Gasteiger partial charge >= 0.3 is 0 Å². The quantitative estimate of drug-likeness (QED) is 0.587. The first-order chi connectivity index (χ1) is 5.97. The zero-order valence-corrected chi connectivity index (χ0v) is 8.64. The summed E-state index contributed by atoms with van der Waals surface area (Å²) in [6, 6.07) is 4.35. The van der Waals surface area contributed by atoms with E-state index in [1.165, 1.54) is 12.1 Å². The number of hydrogen-bond donors (Lipinski definition) is 1. The molecule has 1 atom stereocenters. The second-order valence-electron chi connectivity index (χ2n) is 3.12. The Kier molecular flexibility index (Phi) is 2.77. The standard InChI is InChI=1S/C9H13FNOP/c1-3-13(2,12)7-4-5-9(11)8(10)6-7/h4-6H,3,11H2,1-2H3. The Balaban J connectivity index is 3.18. The summed E-state index contributed by atoms with van der Waals surface area (Å²) < 4.78 is 24.8. The maximum absolute atomic E-state index is 13.0. The molecule has 72 valence electrons. The lowest BCUT2D eigenvalue weighted by Crippen LogP contribution is -2.07. The van der Waals surface area contributed by atoms with Crippen LogP contribution < -0.4 is 11.0 Å². The Morgan fingerprint density at radius 2 is 2.15 bits per heavy atom. The third kappa shape index (κ3) is 2.10. The fraction of sp³-hybridized carbons (Fsp3) is 0.333. The molecule has 0 aromatic heterocycles. The number of anilines is 1. The van der Waals surface area contributed by atoms with Gasteiger partial charge in [0.15, 0.2) is 0 Å². The molecule has 0 bridgehead atoms. The lowest BCUT2D eigenvalue weighted by atomic mass is 10.3. The van der Waals surface area contributed by atoms with Crippen LogP contribution in [0.5, 0.6) is 0 Å². The first kappa shape index (κ1) is 10.3. The average molecular weight is 201 g/mol. The number of rotatable bonds is 2. The fourth-order valence-corrected chi connectivity index (χ4v) is 2.13. The van der Waals surface area contributed by atoms with Gasteiger partial charge in [0, 0.05) is 11.5 Å². The number of benzene rings is 1. The van der Waals surface area contributed by atoms with E-state index in [9.17, 15) is 8.96 Å². The number of halogens is 1. The molecule has 4 heteroatoms. The van der Waals surface area contributed by atoms with Crippen LogP contribution in [0, 0.1) is 5.82 Å². The van der Waals surface area contributed by atoms with Gasteiger partial charge in [-0.25, -0.2) is 4.39 Å². The summed E-state index contributed by atoms with van der Waals surface area (Å²) in [4.78, 5) is 0. The van der Waals surface area contributed by atoms with E-state index >= 15 is 0 Å². The van der Waals surface area contributed by atoms with Crippen LogP contribution in [0.3, 0.4) is 0 Å². The molecule has 0 radical (unpaired) electrons. The lowest BCUT2D eigenvalue weighted by molar-refractivity contribution is 0.585. The first-order valence-electron chi connectivity index (χ1n) is 4.09. The molecular formula is C9H13FNOP. The smallest absolute Gasteiger partial charge is 0.146 e. The number of nitrogen functional groups attached to an aromatic ring is 1. The predicted octanol–water partition coefficient (Wildman–Crippen LogP) is 2.05. The average Bonchev–Trinajstić information content (AvgIpc) is 2.09. The molecule has 0 aliphatic rings. The molecule has 0 aliphatic carbocycles. The maximum Gasteiger partial charge on any atom is 0.146 e. The molecule has 1 aromatic rings. The van der Waals surface area contributed by atoms with Gasteiger partial charge in [0.05, 0.1) is 5.69 Å². The highest BCUT2D eigenvalue weighted by molar-refractivity contribution is 7.70. The minimum absolute atomic E-state index is 0.0971. The van der Waals surface area contributed by atoms with Crippen molar-refractivity contribution in [1.29, 1.82) is 0 Å². The van der Waals surface area contributed by atoms with E-state index in [1.807, 2.05) is 6.92 Å². The van der Waals surface area contributed by atoms with Crippen LogP contribution in [0.25, 0.3) is 0 Å². The van der Waals surface area contributed by atoms with Gasteiger partial charge in [-0.3, -0.25) is 0 Å². The Labute approximate surface area is 77.3 Å². The summed E-state index contributed by atoms with van der Waals surface area (Å²) in [5, 5.41) is 0.557. The van der Waals surface area contributed by atoms with Crippen molar-refractivity contribution < 1.29 is 8.96 Å². The SMILES string of the molecule is CCP(C)(=O)c1ccc(N)c(F)c1. The zero-order chi connectivity index (χ0) is 10.1. The van der Waals surface area contributed by atoms with E-state index in [0.29, 0.717) is 11.5 Å². The van der Waals surface area contributed by atoms with Crippen molar-refractivity contribution in [3.63, 3.8) is 0 Å². The van der Waals surface area contributed by atoms with Gasteiger partial charge in [0.2, 0.25) is 0 Å². The van der Waals surface area contributed by atoms with E-state index in [-0.39, 0.29) is 5.69 Å². The Hall–Kier alpha value is -0.820. The molecule has 13 heavy (non-hydrogen) atoms. The van der Waals surface area contributed by atoms with Gasteiger partial charge in [-0.2, -0.15) is 0 Å². The second-order valence-corrected chi connectivity index (χ2v) is 6.47. The Morgan fingerprint density at radius 3 is 2.62 bits per heavy atom. The van der Waals surface area contributed by atoms with Gasteiger partial charge in [0.1, 0.15) is 13.0 Å². The summed E-state index contributed by atoms with van der Waals surface area (Å²) in [6.45, 7) is 3.48. The van der Waals surface area contributed by atoms with Crippen molar-refractivity contribution in [3.05, 3.63) is 24.0 Å². The summed E-state index contributed by atoms with van der Waals surface area (Å²) in [6.07, 6.45) is 0.538. The van der Waals surface area contributed by atoms with Crippen LogP contribution in [-0.4, -0.2) is 12.8 Å². The number of hydrogen-bond acceptors (Lipinski definition) is 2. The topological polar surface area (TPSA) is 43.1 Å². The van der Waals surface area contributed by atoms with E-state index in [0.717, 1.165) is 0 Å². The van der Waals surface area contributed by atoms with Gasteiger partial charge in [-0.15, -0.1) is 0 Å². The predicted molar refractivity (Wildman–Crippen MR) is 54.5 cm³/mol. The summed E-state index contributed by atoms with van der Waals surface area (Å²) in [5.41, 5.74) is 5.41. The van der Waals surface area contributed by atoms with Crippen LogP contribution >= 0.6 is 7.14 Å². The van der Waals surface area contributed by atoms with Crippen LogP contribution in [0.4, 0.5) is 10.1 Å². The molecule has 0 amide bonds. The highest BCUT2D eigenvalue weighted by atomic mass is 31.2. The molecule has 0 spiro atoms. The van der Waals surface area contributed by atoms with E-state index < -0.39 is 13.0 Å². The summed E-state index contributed by atoms with van der Waals surface area (Å²) in [5.74, 6) is -0.493. The van der Waals surface area contributed by atoms with E-state index in [1.54, 1.807) is 12.7 Å². The maximum atomic E-state index is 13.0. The van der Waals surface area contributed by atoms with Gasteiger partial charge in [-0.1, -0.05) is 6.92 Å². The molecule has 1 aromatic carbocycles. The minimum atomic E-state index is -2.37. The summed E-state index contributed by atoms with van der Waals surface area (Å²) >= 11 is 0. The number of nitrogens with two attached hydrogens (primary N) is 1. The van der Waals surface area contributed by atoms with Crippen molar-refractivity contribution in [1.82, 2.24) is 0 Å². The van der Waals surface area contributed by atoms with Gasteiger partial charge < -0.3 is 10.3 Å². The largest absolute Gasteiger partial charge is 0.396 e. The Bertz CT molecular complexity index is 365. The second kappa shape index (κ2) is 3.51. The third-order valence-corrected chi connectivity index (χ3v) is 4.71. The fourth-order valence-electron chi connectivity index (χ4n) is 0.993. The molecule has 0 aliphatic heterocycles. The summed E-state index contributed by atoms with van der Waals surface area (Å²) in [7, 11) is -2.37. The van der Waals surface area contributed by atoms with Gasteiger partial charge in [-0.05, 0) is 24.9 Å². The molecular weight excluding hydrogens is 188 g/mol. The monoisotopic (exact) mass is 201 g/mol. The highest BCUT2D eigenvalue weighted by Crippen LogP contribution is 2.39. The van der Waals surface area contributed by atoms with Crippen LogP contribution in [0.2, 0.25) is 0 Å². The zero-order valence-electron chi connectivity index (χ0n) is 7.75.